The van der Waals surface area contributed by atoms with E-state index in [4.69, 9.17) is 4.74 Å². The van der Waals surface area contributed by atoms with Crippen LogP contribution < -0.4 is 0 Å². The van der Waals surface area contributed by atoms with Crippen LogP contribution in [0.1, 0.15) is 13.8 Å². The predicted octanol–water partition coefficient (Wildman–Crippen LogP) is 0.694. The van der Waals surface area contributed by atoms with Crippen LogP contribution >= 0.6 is 15.9 Å². The Labute approximate surface area is 73.9 Å². The molecule has 1 saturated heterocycles. The number of esters is 1. The van der Waals surface area contributed by atoms with Gasteiger partial charge in [-0.2, -0.15) is 0 Å². The highest BCUT2D eigenvalue weighted by Gasteiger charge is 2.46. The van der Waals surface area contributed by atoms with Crippen LogP contribution in [0.15, 0.2) is 0 Å². The minimum absolute atomic E-state index is 0.00271. The predicted molar refractivity (Wildman–Crippen MR) is 43.5 cm³/mol. The summed E-state index contributed by atoms with van der Waals surface area (Å²) in [6.07, 6.45) is -0.663. The molecule has 0 saturated carbocycles. The van der Waals surface area contributed by atoms with E-state index in [1.54, 1.807) is 6.92 Å². The van der Waals surface area contributed by atoms with Crippen molar-refractivity contribution in [2.45, 2.75) is 24.3 Å². The van der Waals surface area contributed by atoms with Gasteiger partial charge in [0.2, 0.25) is 0 Å². The number of cyclic esters (lactones) is 1. The van der Waals surface area contributed by atoms with E-state index in [1.165, 1.54) is 0 Å². The molecule has 0 bridgehead atoms. The van der Waals surface area contributed by atoms with Gasteiger partial charge in [0.25, 0.3) is 0 Å². The van der Waals surface area contributed by atoms with E-state index < -0.39 is 10.4 Å². The highest BCUT2D eigenvalue weighted by molar-refractivity contribution is 9.10. The van der Waals surface area contributed by atoms with Crippen molar-refractivity contribution in [3.63, 3.8) is 0 Å². The molecule has 0 aromatic carbocycles. The fourth-order valence-electron chi connectivity index (χ4n) is 1.09. The third kappa shape index (κ3) is 1.42. The Bertz CT molecular complexity index is 179. The van der Waals surface area contributed by atoms with E-state index in [0.717, 1.165) is 0 Å². The summed E-state index contributed by atoms with van der Waals surface area (Å²) in [6, 6.07) is 0. The lowest BCUT2D eigenvalue weighted by Gasteiger charge is -2.35. The molecule has 64 valence electrons. The molecule has 4 heteroatoms. The lowest BCUT2D eigenvalue weighted by molar-refractivity contribution is -0.160. The summed E-state index contributed by atoms with van der Waals surface area (Å²) in [5.41, 5.74) is 0. The molecule has 3 atom stereocenters. The minimum Gasteiger partial charge on any atom is -0.464 e. The third-order valence-corrected chi connectivity index (χ3v) is 2.76. The van der Waals surface area contributed by atoms with Crippen LogP contribution in [0, 0.1) is 5.92 Å². The largest absolute Gasteiger partial charge is 0.464 e. The standard InChI is InChI=1S/C7H11BrO3/c1-4-3-11-6(10)7(2,8)5(4)9/h4-5,9H,3H2,1-2H3/t4-,5-,7+/m0/s1. The highest BCUT2D eigenvalue weighted by Crippen LogP contribution is 2.32. The van der Waals surface area contributed by atoms with E-state index in [2.05, 4.69) is 15.9 Å². The Kier molecular flexibility index (Phi) is 2.25. The number of carbonyl (C=O) groups excluding carboxylic acids is 1. The number of hydrogen-bond donors (Lipinski definition) is 1. The molecule has 0 aromatic rings. The summed E-state index contributed by atoms with van der Waals surface area (Å²) in [5.74, 6) is -0.389. The zero-order valence-electron chi connectivity index (χ0n) is 6.50. The van der Waals surface area contributed by atoms with Crippen molar-refractivity contribution >= 4 is 21.9 Å². The molecular weight excluding hydrogens is 212 g/mol. The molecular formula is C7H11BrO3. The van der Waals surface area contributed by atoms with Crippen LogP contribution in [-0.2, 0) is 9.53 Å². The Morgan fingerprint density at radius 3 is 2.82 bits per heavy atom. The van der Waals surface area contributed by atoms with Crippen molar-refractivity contribution in [2.75, 3.05) is 6.61 Å². The maximum absolute atomic E-state index is 11.0. The molecule has 11 heavy (non-hydrogen) atoms. The molecule has 0 spiro atoms. The summed E-state index contributed by atoms with van der Waals surface area (Å²) in [5, 5.41) is 9.53. The monoisotopic (exact) mass is 222 g/mol. The molecule has 1 fully saturated rings. The maximum Gasteiger partial charge on any atom is 0.325 e. The molecule has 0 aliphatic carbocycles. The zero-order valence-corrected chi connectivity index (χ0v) is 8.09. The number of alkyl halides is 1. The number of ether oxygens (including phenoxy) is 1. The van der Waals surface area contributed by atoms with Crippen LogP contribution in [0.4, 0.5) is 0 Å². The molecule has 1 aliphatic heterocycles. The van der Waals surface area contributed by atoms with Gasteiger partial charge >= 0.3 is 5.97 Å². The molecule has 1 aliphatic rings. The SMILES string of the molecule is C[C@H]1COC(=O)[C@](C)(Br)[C@H]1O. The van der Waals surface area contributed by atoms with Gasteiger partial charge in [-0.3, -0.25) is 4.79 Å². The van der Waals surface area contributed by atoms with Gasteiger partial charge in [-0.05, 0) is 6.92 Å². The van der Waals surface area contributed by atoms with Gasteiger partial charge in [0.05, 0.1) is 12.7 Å². The molecule has 1 heterocycles. The molecule has 1 N–H and O–H groups in total. The summed E-state index contributed by atoms with van der Waals surface area (Å²) in [6.45, 7) is 3.77. The average Bonchev–Trinajstić information content (AvgIpc) is 1.95. The van der Waals surface area contributed by atoms with E-state index >= 15 is 0 Å². The lowest BCUT2D eigenvalue weighted by atomic mass is 9.91. The molecule has 0 radical (unpaired) electrons. The first-order valence-electron chi connectivity index (χ1n) is 3.50. The number of aliphatic hydroxyl groups is 1. The molecule has 0 amide bonds. The summed E-state index contributed by atoms with van der Waals surface area (Å²) < 4.78 is 3.90. The third-order valence-electron chi connectivity index (χ3n) is 1.97. The van der Waals surface area contributed by atoms with E-state index in [9.17, 15) is 9.90 Å². The van der Waals surface area contributed by atoms with Crippen LogP contribution in [0.5, 0.6) is 0 Å². The highest BCUT2D eigenvalue weighted by atomic mass is 79.9. The van der Waals surface area contributed by atoms with Crippen LogP contribution in [-0.4, -0.2) is 28.1 Å². The maximum atomic E-state index is 11.0. The second-order valence-electron chi connectivity index (χ2n) is 3.10. The Morgan fingerprint density at radius 2 is 2.36 bits per heavy atom. The second-order valence-corrected chi connectivity index (χ2v) is 4.74. The first kappa shape index (κ1) is 9.00. The van der Waals surface area contributed by atoms with Crippen molar-refractivity contribution in [3.05, 3.63) is 0 Å². The number of rotatable bonds is 0. The van der Waals surface area contributed by atoms with Crippen LogP contribution in [0.25, 0.3) is 0 Å². The summed E-state index contributed by atoms with van der Waals surface area (Å²) in [7, 11) is 0. The zero-order chi connectivity index (χ0) is 8.65. The number of carbonyl (C=O) groups is 1. The Hall–Kier alpha value is -0.0900. The molecule has 0 aromatic heterocycles. The fraction of sp³-hybridized carbons (Fsp3) is 0.857. The second kappa shape index (κ2) is 2.75. The average molecular weight is 223 g/mol. The normalized spacial score (nSPS) is 45.3. The van der Waals surface area contributed by atoms with E-state index in [0.29, 0.717) is 6.61 Å². The van der Waals surface area contributed by atoms with Crippen molar-refractivity contribution in [1.29, 1.82) is 0 Å². The Morgan fingerprint density at radius 1 is 1.82 bits per heavy atom. The van der Waals surface area contributed by atoms with Crippen LogP contribution in [0.2, 0.25) is 0 Å². The topological polar surface area (TPSA) is 46.5 Å². The van der Waals surface area contributed by atoms with Gasteiger partial charge < -0.3 is 9.84 Å². The Balaban J connectivity index is 2.80. The van der Waals surface area contributed by atoms with Crippen LogP contribution in [0.3, 0.4) is 0 Å². The quantitative estimate of drug-likeness (QED) is 0.485. The van der Waals surface area contributed by atoms with E-state index in [1.807, 2.05) is 6.92 Å². The number of aliphatic hydroxyl groups excluding tert-OH is 1. The van der Waals surface area contributed by atoms with E-state index in [-0.39, 0.29) is 11.9 Å². The van der Waals surface area contributed by atoms with Gasteiger partial charge in [0.15, 0.2) is 0 Å². The van der Waals surface area contributed by atoms with Gasteiger partial charge in [0.1, 0.15) is 4.32 Å². The van der Waals surface area contributed by atoms with Gasteiger partial charge in [-0.15, -0.1) is 0 Å². The summed E-state index contributed by atoms with van der Waals surface area (Å²) >= 11 is 3.14. The van der Waals surface area contributed by atoms with Gasteiger partial charge in [-0.25, -0.2) is 0 Å². The number of hydrogen-bond acceptors (Lipinski definition) is 3. The van der Waals surface area contributed by atoms with Crippen molar-refractivity contribution in [1.82, 2.24) is 0 Å². The first-order chi connectivity index (χ1) is 4.96. The summed E-state index contributed by atoms with van der Waals surface area (Å²) in [4.78, 5) is 11.0. The molecule has 3 nitrogen and oxygen atoms in total. The minimum atomic E-state index is -0.926. The molecule has 0 unspecified atom stereocenters. The van der Waals surface area contributed by atoms with Gasteiger partial charge in [0, 0.05) is 5.92 Å². The molecule has 1 rings (SSSR count). The van der Waals surface area contributed by atoms with Crippen molar-refractivity contribution in [3.8, 4) is 0 Å². The first-order valence-corrected chi connectivity index (χ1v) is 4.29. The van der Waals surface area contributed by atoms with Crippen molar-refractivity contribution in [2.24, 2.45) is 5.92 Å². The lowest BCUT2D eigenvalue weighted by Crippen LogP contribution is -2.51. The smallest absolute Gasteiger partial charge is 0.325 e. The fourth-order valence-corrected chi connectivity index (χ4v) is 1.66. The van der Waals surface area contributed by atoms with Crippen molar-refractivity contribution < 1.29 is 14.6 Å². The number of halogens is 1. The van der Waals surface area contributed by atoms with Gasteiger partial charge in [-0.1, -0.05) is 22.9 Å².